The molecule has 1 saturated heterocycles. The highest BCUT2D eigenvalue weighted by Crippen LogP contribution is 2.24. The van der Waals surface area contributed by atoms with Crippen LogP contribution in [0.5, 0.6) is 0 Å². The lowest BCUT2D eigenvalue weighted by Gasteiger charge is -2.26. The maximum absolute atomic E-state index is 12.6. The number of carbonyl (C=O) groups is 1. The van der Waals surface area contributed by atoms with E-state index >= 15 is 0 Å². The van der Waals surface area contributed by atoms with Crippen molar-refractivity contribution in [1.82, 2.24) is 9.62 Å². The topological polar surface area (TPSA) is 102 Å². The largest absolute Gasteiger partial charge is 0.379 e. The van der Waals surface area contributed by atoms with Crippen LogP contribution in [0.25, 0.3) is 0 Å². The molecule has 1 saturated carbocycles. The standard InChI is InChI=1S/C17H25N3O4S.ClH/c18-15-4-3-14(11-15)17(21)19-12-13-1-5-16(6-2-13)25(22,23)20-7-9-24-10-8-20;/h1-2,5-6,14-15H,3-4,7-12,18H2,(H,19,21);1H. The quantitative estimate of drug-likeness (QED) is 0.759. The molecule has 146 valence electrons. The van der Waals surface area contributed by atoms with Crippen molar-refractivity contribution in [2.24, 2.45) is 11.7 Å². The molecule has 3 N–H and O–H groups in total. The van der Waals surface area contributed by atoms with Gasteiger partial charge in [-0.05, 0) is 37.0 Å². The van der Waals surface area contributed by atoms with Crippen LogP contribution in [0.4, 0.5) is 0 Å². The number of nitrogens with one attached hydrogen (secondary N) is 1. The van der Waals surface area contributed by atoms with E-state index in [0.717, 1.165) is 24.8 Å². The summed E-state index contributed by atoms with van der Waals surface area (Å²) in [4.78, 5) is 12.4. The predicted octanol–water partition coefficient (Wildman–Crippen LogP) is 0.873. The lowest BCUT2D eigenvalue weighted by atomic mass is 10.1. The second kappa shape index (κ2) is 9.14. The van der Waals surface area contributed by atoms with Gasteiger partial charge in [-0.15, -0.1) is 12.4 Å². The molecule has 1 amide bonds. The first-order valence-electron chi connectivity index (χ1n) is 8.67. The number of halogens is 1. The third-order valence-electron chi connectivity index (χ3n) is 4.84. The first kappa shape index (κ1) is 21.1. The average Bonchev–Trinajstić information content (AvgIpc) is 3.07. The summed E-state index contributed by atoms with van der Waals surface area (Å²) in [5, 5.41) is 2.91. The molecule has 1 aromatic carbocycles. The van der Waals surface area contributed by atoms with Gasteiger partial charge in [0.1, 0.15) is 0 Å². The Morgan fingerprint density at radius 1 is 1.19 bits per heavy atom. The van der Waals surface area contributed by atoms with E-state index in [1.807, 2.05) is 0 Å². The van der Waals surface area contributed by atoms with Crippen molar-refractivity contribution in [2.75, 3.05) is 26.3 Å². The van der Waals surface area contributed by atoms with Crippen molar-refractivity contribution >= 4 is 28.3 Å². The van der Waals surface area contributed by atoms with Crippen LogP contribution < -0.4 is 11.1 Å². The third-order valence-corrected chi connectivity index (χ3v) is 6.75. The molecule has 3 rings (SSSR count). The predicted molar refractivity (Wildman–Crippen MR) is 100 cm³/mol. The Hall–Kier alpha value is -1.19. The van der Waals surface area contributed by atoms with E-state index in [-0.39, 0.29) is 35.2 Å². The molecule has 1 heterocycles. The molecule has 9 heteroatoms. The minimum Gasteiger partial charge on any atom is -0.379 e. The zero-order valence-corrected chi connectivity index (χ0v) is 16.2. The molecule has 0 spiro atoms. The van der Waals surface area contributed by atoms with Crippen molar-refractivity contribution < 1.29 is 17.9 Å². The number of nitrogens with zero attached hydrogens (tertiary/aromatic N) is 1. The molecular formula is C17H26ClN3O4S. The molecule has 0 bridgehead atoms. The number of morpholine rings is 1. The molecular weight excluding hydrogens is 378 g/mol. The van der Waals surface area contributed by atoms with Gasteiger partial charge in [0.15, 0.2) is 0 Å². The number of sulfonamides is 1. The van der Waals surface area contributed by atoms with Crippen molar-refractivity contribution in [3.8, 4) is 0 Å². The highest BCUT2D eigenvalue weighted by atomic mass is 35.5. The van der Waals surface area contributed by atoms with Crippen LogP contribution in [-0.2, 0) is 26.1 Å². The van der Waals surface area contributed by atoms with Gasteiger partial charge in [-0.25, -0.2) is 8.42 Å². The van der Waals surface area contributed by atoms with Crippen LogP contribution in [0.1, 0.15) is 24.8 Å². The molecule has 26 heavy (non-hydrogen) atoms. The molecule has 0 radical (unpaired) electrons. The zero-order chi connectivity index (χ0) is 17.9. The number of ether oxygens (including phenoxy) is 1. The van der Waals surface area contributed by atoms with Crippen LogP contribution in [0.15, 0.2) is 29.2 Å². The van der Waals surface area contributed by atoms with Gasteiger partial charge >= 0.3 is 0 Å². The van der Waals surface area contributed by atoms with E-state index < -0.39 is 10.0 Å². The molecule has 2 atom stereocenters. The smallest absolute Gasteiger partial charge is 0.243 e. The van der Waals surface area contributed by atoms with E-state index in [1.165, 1.54) is 4.31 Å². The number of amides is 1. The van der Waals surface area contributed by atoms with Gasteiger partial charge in [-0.2, -0.15) is 4.31 Å². The van der Waals surface area contributed by atoms with Gasteiger partial charge in [0.25, 0.3) is 0 Å². The second-order valence-electron chi connectivity index (χ2n) is 6.65. The van der Waals surface area contributed by atoms with Crippen molar-refractivity contribution in [3.05, 3.63) is 29.8 Å². The fourth-order valence-electron chi connectivity index (χ4n) is 3.30. The monoisotopic (exact) mass is 403 g/mol. The third kappa shape index (κ3) is 4.95. The Balaban J connectivity index is 0.00000243. The summed E-state index contributed by atoms with van der Waals surface area (Å²) in [5.41, 5.74) is 6.71. The van der Waals surface area contributed by atoms with Crippen LogP contribution in [0, 0.1) is 5.92 Å². The first-order chi connectivity index (χ1) is 12.0. The Kier molecular flexibility index (Phi) is 7.42. The van der Waals surface area contributed by atoms with Crippen molar-refractivity contribution in [2.45, 2.75) is 36.7 Å². The van der Waals surface area contributed by atoms with Gasteiger partial charge in [0.2, 0.25) is 15.9 Å². The van der Waals surface area contributed by atoms with Gasteiger partial charge < -0.3 is 15.8 Å². The minimum absolute atomic E-state index is 0. The van der Waals surface area contributed by atoms with Crippen molar-refractivity contribution in [3.63, 3.8) is 0 Å². The maximum Gasteiger partial charge on any atom is 0.243 e. The average molecular weight is 404 g/mol. The maximum atomic E-state index is 12.6. The van der Waals surface area contributed by atoms with Crippen LogP contribution >= 0.6 is 12.4 Å². The summed E-state index contributed by atoms with van der Waals surface area (Å²) >= 11 is 0. The number of benzene rings is 1. The Labute approximate surface area is 160 Å². The SMILES string of the molecule is Cl.NC1CCC(C(=O)NCc2ccc(S(=O)(=O)N3CCOCC3)cc2)C1. The first-order valence-corrected chi connectivity index (χ1v) is 10.1. The molecule has 2 unspecified atom stereocenters. The van der Waals surface area contributed by atoms with E-state index in [4.69, 9.17) is 10.5 Å². The lowest BCUT2D eigenvalue weighted by Crippen LogP contribution is -2.40. The van der Waals surface area contributed by atoms with Gasteiger partial charge in [0, 0.05) is 31.6 Å². The fraction of sp³-hybridized carbons (Fsp3) is 0.588. The highest BCUT2D eigenvalue weighted by Gasteiger charge is 2.28. The molecule has 1 aliphatic carbocycles. The molecule has 0 aromatic heterocycles. The zero-order valence-electron chi connectivity index (χ0n) is 14.6. The summed E-state index contributed by atoms with van der Waals surface area (Å²) in [6.07, 6.45) is 2.47. The fourth-order valence-corrected chi connectivity index (χ4v) is 4.71. The molecule has 1 aliphatic heterocycles. The number of hydrogen-bond donors (Lipinski definition) is 2. The number of carbonyl (C=O) groups excluding carboxylic acids is 1. The molecule has 2 fully saturated rings. The Morgan fingerprint density at radius 3 is 2.42 bits per heavy atom. The summed E-state index contributed by atoms with van der Waals surface area (Å²) in [6.45, 7) is 2.00. The van der Waals surface area contributed by atoms with E-state index in [2.05, 4.69) is 5.32 Å². The van der Waals surface area contributed by atoms with E-state index in [0.29, 0.717) is 32.8 Å². The molecule has 1 aromatic rings. The number of hydrogen-bond acceptors (Lipinski definition) is 5. The van der Waals surface area contributed by atoms with Crippen LogP contribution in [0.2, 0.25) is 0 Å². The van der Waals surface area contributed by atoms with E-state index in [9.17, 15) is 13.2 Å². The summed E-state index contributed by atoms with van der Waals surface area (Å²) in [7, 11) is -3.48. The van der Waals surface area contributed by atoms with Gasteiger partial charge in [-0.3, -0.25) is 4.79 Å². The van der Waals surface area contributed by atoms with Crippen LogP contribution in [-0.4, -0.2) is 51.0 Å². The second-order valence-corrected chi connectivity index (χ2v) is 8.59. The highest BCUT2D eigenvalue weighted by molar-refractivity contribution is 7.89. The Morgan fingerprint density at radius 2 is 1.85 bits per heavy atom. The normalized spacial score (nSPS) is 24.0. The number of rotatable bonds is 5. The van der Waals surface area contributed by atoms with Gasteiger partial charge in [0.05, 0.1) is 18.1 Å². The van der Waals surface area contributed by atoms with Gasteiger partial charge in [-0.1, -0.05) is 12.1 Å². The Bertz CT molecular complexity index is 705. The lowest BCUT2D eigenvalue weighted by molar-refractivity contribution is -0.125. The van der Waals surface area contributed by atoms with Crippen molar-refractivity contribution in [1.29, 1.82) is 0 Å². The summed E-state index contributed by atoms with van der Waals surface area (Å²) in [6, 6.07) is 6.80. The number of nitrogens with two attached hydrogens (primary N) is 1. The molecule has 2 aliphatic rings. The molecule has 7 nitrogen and oxygen atoms in total. The minimum atomic E-state index is -3.48. The van der Waals surface area contributed by atoms with Crippen LogP contribution in [0.3, 0.4) is 0 Å². The summed E-state index contributed by atoms with van der Waals surface area (Å²) < 4.78 is 31.8. The summed E-state index contributed by atoms with van der Waals surface area (Å²) in [5.74, 6) is 0.0222. The van der Waals surface area contributed by atoms with E-state index in [1.54, 1.807) is 24.3 Å².